The molecule has 6 unspecified atom stereocenters. The number of allylic oxidation sites excluding steroid dienone is 1. The molecule has 286 valence electrons. The molecule has 1 aromatic carbocycles. The summed E-state index contributed by atoms with van der Waals surface area (Å²) in [5.74, 6) is -1.45. The fourth-order valence-corrected chi connectivity index (χ4v) is 7.84. The number of rotatable bonds is 20. The van der Waals surface area contributed by atoms with E-state index >= 15 is 0 Å². The zero-order chi connectivity index (χ0) is 37.0. The molecule has 0 aromatic heterocycles. The number of amides is 1. The average molecular weight is 737 g/mol. The number of aliphatic hydroxyl groups excluding tert-OH is 3. The molecule has 51 heavy (non-hydrogen) atoms. The van der Waals surface area contributed by atoms with Crippen LogP contribution in [0, 0.1) is 17.8 Å². The summed E-state index contributed by atoms with van der Waals surface area (Å²) in [4.78, 5) is 21.6. The van der Waals surface area contributed by atoms with Crippen LogP contribution in [0.5, 0.6) is 11.5 Å². The molecular formula is C38H57ClN2O10. The highest BCUT2D eigenvalue weighted by Crippen LogP contribution is 2.61. The molecule has 1 aliphatic heterocycles. The number of aromatic hydroxyl groups is 1. The molecule has 1 amide bonds. The Morgan fingerprint density at radius 2 is 1.84 bits per heavy atom. The zero-order valence-electron chi connectivity index (χ0n) is 30.3. The van der Waals surface area contributed by atoms with E-state index in [0.717, 1.165) is 36.8 Å². The number of phenols is 1. The number of hydrogen-bond donors (Lipinski definition) is 4. The second-order valence-electron chi connectivity index (χ2n) is 14.3. The van der Waals surface area contributed by atoms with Gasteiger partial charge >= 0.3 is 6.09 Å². The van der Waals surface area contributed by atoms with Crippen molar-refractivity contribution in [3.8, 4) is 11.5 Å². The molecule has 4 rings (SSSR count). The van der Waals surface area contributed by atoms with E-state index in [1.54, 1.807) is 29.2 Å². The maximum Gasteiger partial charge on any atom is 0.410 e. The summed E-state index contributed by atoms with van der Waals surface area (Å²) in [6, 6.07) is 4.27. The lowest BCUT2D eigenvalue weighted by molar-refractivity contribution is -0.256. The number of benzene rings is 1. The fraction of sp³-hybridized carbons (Fsp3) is 0.684. The Labute approximate surface area is 307 Å². The van der Waals surface area contributed by atoms with E-state index < -0.39 is 29.4 Å². The predicted molar refractivity (Wildman–Crippen MR) is 194 cm³/mol. The molecule has 12 nitrogen and oxygen atoms in total. The van der Waals surface area contributed by atoms with E-state index in [1.165, 1.54) is 0 Å². The third kappa shape index (κ3) is 9.97. The molecule has 2 aliphatic carbocycles. The Morgan fingerprint density at radius 1 is 1.10 bits per heavy atom. The Balaban J connectivity index is 2.02. The van der Waals surface area contributed by atoms with Crippen LogP contribution in [0.15, 0.2) is 47.7 Å². The van der Waals surface area contributed by atoms with E-state index in [0.29, 0.717) is 24.3 Å². The number of alkyl halides is 1. The number of aliphatic hydroxyl groups is 3. The summed E-state index contributed by atoms with van der Waals surface area (Å²) >= 11 is 5.95. The fourth-order valence-electron chi connectivity index (χ4n) is 7.76. The van der Waals surface area contributed by atoms with Gasteiger partial charge in [0.1, 0.15) is 29.7 Å². The van der Waals surface area contributed by atoms with Gasteiger partial charge in [0.05, 0.1) is 43.9 Å². The number of ether oxygens (including phenoxy) is 4. The first kappa shape index (κ1) is 40.9. The van der Waals surface area contributed by atoms with Crippen molar-refractivity contribution in [3.63, 3.8) is 0 Å². The third-order valence-corrected chi connectivity index (χ3v) is 9.87. The lowest BCUT2D eigenvalue weighted by Crippen LogP contribution is -2.70. The Morgan fingerprint density at radius 3 is 2.51 bits per heavy atom. The van der Waals surface area contributed by atoms with Gasteiger partial charge in [-0.3, -0.25) is 4.90 Å². The van der Waals surface area contributed by atoms with Crippen molar-refractivity contribution in [2.24, 2.45) is 22.9 Å². The molecule has 0 radical (unpaired) electrons. The molecule has 0 bridgehead atoms. The monoisotopic (exact) mass is 736 g/mol. The number of halogens is 1. The number of nitrogens with zero attached hydrogens (tertiary/aromatic N) is 2. The summed E-state index contributed by atoms with van der Waals surface area (Å²) in [6.45, 7) is 10.1. The largest absolute Gasteiger partial charge is 0.508 e. The number of fused-ring (bicyclic) bond motifs is 2. The molecule has 1 heterocycles. The molecule has 1 aromatic rings. The standard InChI is InChI=1S/C38H57ClN2O10/c1-5-19-49-38-33(41(15-21-47-22-18-44)36(46)48-20-14-39)25-31(40-51-37(2,3)4)29-23-26(10-6-8-16-42)28(11-7-9-17-43)34(35(29)38)30-24-27(45)12-13-32(30)50-38/h5,12-13,23-24,26,28,33-35,42-45H,1,6-11,14-22,25H2,2-4H3. The Bertz CT molecular complexity index is 1350. The average Bonchev–Trinajstić information content (AvgIpc) is 3.10. The quantitative estimate of drug-likeness (QED) is 0.0582. The minimum Gasteiger partial charge on any atom is -0.508 e. The van der Waals surface area contributed by atoms with Gasteiger partial charge in [-0.1, -0.05) is 30.1 Å². The number of carbonyl (C=O) groups is 1. The maximum absolute atomic E-state index is 14.0. The van der Waals surface area contributed by atoms with Crippen LogP contribution < -0.4 is 4.74 Å². The summed E-state index contributed by atoms with van der Waals surface area (Å²) in [5.41, 5.74) is 1.74. The summed E-state index contributed by atoms with van der Waals surface area (Å²) in [5, 5.41) is 44.5. The number of hydrogen-bond acceptors (Lipinski definition) is 11. The molecule has 0 spiro atoms. The Kier molecular flexibility index (Phi) is 15.5. The van der Waals surface area contributed by atoms with Crippen molar-refractivity contribution < 1.29 is 49.0 Å². The van der Waals surface area contributed by atoms with Crippen molar-refractivity contribution in [1.29, 1.82) is 0 Å². The number of phenolic OH excluding ortho intramolecular Hbond substituents is 1. The summed E-state index contributed by atoms with van der Waals surface area (Å²) in [7, 11) is 0. The second-order valence-corrected chi connectivity index (χ2v) is 14.7. The van der Waals surface area contributed by atoms with Crippen molar-refractivity contribution in [2.75, 3.05) is 58.7 Å². The smallest absolute Gasteiger partial charge is 0.410 e. The molecule has 3 aliphatic rings. The van der Waals surface area contributed by atoms with Crippen LogP contribution in [0.3, 0.4) is 0 Å². The van der Waals surface area contributed by atoms with Gasteiger partial charge in [0.2, 0.25) is 5.79 Å². The molecular weight excluding hydrogens is 680 g/mol. The van der Waals surface area contributed by atoms with Crippen molar-refractivity contribution >= 4 is 23.4 Å². The topological polar surface area (TPSA) is 160 Å². The molecule has 13 heteroatoms. The van der Waals surface area contributed by atoms with Crippen LogP contribution in [0.2, 0.25) is 0 Å². The van der Waals surface area contributed by atoms with E-state index in [4.69, 9.17) is 40.5 Å². The second kappa shape index (κ2) is 19.3. The molecule has 6 atom stereocenters. The van der Waals surface area contributed by atoms with Gasteiger partial charge in [-0.05, 0) is 82.1 Å². The highest BCUT2D eigenvalue weighted by molar-refractivity contribution is 6.18. The van der Waals surface area contributed by atoms with Crippen LogP contribution in [0.25, 0.3) is 0 Å². The van der Waals surface area contributed by atoms with Gasteiger partial charge in [-0.25, -0.2) is 4.79 Å². The normalized spacial score (nSPS) is 26.1. The van der Waals surface area contributed by atoms with Gasteiger partial charge in [0.15, 0.2) is 0 Å². The molecule has 0 saturated heterocycles. The van der Waals surface area contributed by atoms with Crippen LogP contribution >= 0.6 is 11.6 Å². The molecule has 1 saturated carbocycles. The van der Waals surface area contributed by atoms with E-state index in [1.807, 2.05) is 20.8 Å². The van der Waals surface area contributed by atoms with Crippen LogP contribution in [0.4, 0.5) is 4.79 Å². The van der Waals surface area contributed by atoms with Gasteiger partial charge in [0.25, 0.3) is 0 Å². The number of unbranched alkanes of at least 4 members (excludes halogenated alkanes) is 2. The van der Waals surface area contributed by atoms with Crippen LogP contribution in [-0.4, -0.2) is 113 Å². The summed E-state index contributed by atoms with van der Waals surface area (Å²) in [6.07, 6.45) is 7.92. The third-order valence-electron chi connectivity index (χ3n) is 9.71. The molecule has 4 N–H and O–H groups in total. The lowest BCUT2D eigenvalue weighted by atomic mass is 9.55. The van der Waals surface area contributed by atoms with E-state index in [2.05, 4.69) is 12.7 Å². The number of carbonyl (C=O) groups excluding carboxylic acids is 1. The predicted octanol–water partition coefficient (Wildman–Crippen LogP) is 5.51. The maximum atomic E-state index is 14.0. The zero-order valence-corrected chi connectivity index (χ0v) is 31.1. The van der Waals surface area contributed by atoms with E-state index in [9.17, 15) is 25.2 Å². The SMILES string of the molecule is C=CCOC12Oc3ccc(O)cc3C3C(CCCCO)C(CCCCO)C=C(C(=NOC(C)(C)C)CC1N(CCOCCO)C(=O)OCCCl)C32. The highest BCUT2D eigenvalue weighted by atomic mass is 35.5. The van der Waals surface area contributed by atoms with Gasteiger partial charge in [-0.2, -0.15) is 0 Å². The number of oxime groups is 1. The first-order chi connectivity index (χ1) is 24.5. The van der Waals surface area contributed by atoms with Crippen LogP contribution in [-0.2, 0) is 19.0 Å². The molecule has 1 fully saturated rings. The van der Waals surface area contributed by atoms with Gasteiger partial charge < -0.3 is 44.2 Å². The first-order valence-corrected chi connectivity index (χ1v) is 18.7. The van der Waals surface area contributed by atoms with Crippen molar-refractivity contribution in [1.82, 2.24) is 4.90 Å². The minimum absolute atomic E-state index is 0.0155. The Hall–Kier alpha value is -2.87. The van der Waals surface area contributed by atoms with Gasteiger partial charge in [-0.15, -0.1) is 18.2 Å². The van der Waals surface area contributed by atoms with E-state index in [-0.39, 0.29) is 88.6 Å². The minimum atomic E-state index is -1.47. The lowest BCUT2D eigenvalue weighted by Gasteiger charge is -2.59. The van der Waals surface area contributed by atoms with Crippen molar-refractivity contribution in [2.45, 2.75) is 89.1 Å². The first-order valence-electron chi connectivity index (χ1n) is 18.2. The highest BCUT2D eigenvalue weighted by Gasteiger charge is 2.65. The summed E-state index contributed by atoms with van der Waals surface area (Å²) < 4.78 is 25.2. The van der Waals surface area contributed by atoms with Gasteiger partial charge in [0, 0.05) is 37.7 Å². The van der Waals surface area contributed by atoms with Crippen molar-refractivity contribution in [3.05, 3.63) is 48.1 Å². The van der Waals surface area contributed by atoms with Crippen LogP contribution in [0.1, 0.15) is 77.2 Å².